The normalized spacial score (nSPS) is 26.5. The van der Waals surface area contributed by atoms with Gasteiger partial charge in [0, 0.05) is 80.9 Å². The lowest BCUT2D eigenvalue weighted by atomic mass is 9.83. The molecule has 0 saturated carbocycles. The number of benzene rings is 2. The van der Waals surface area contributed by atoms with Crippen LogP contribution < -0.4 is 16.1 Å². The van der Waals surface area contributed by atoms with E-state index in [-0.39, 0.29) is 62.9 Å². The first-order chi connectivity index (χ1) is 32.8. The summed E-state index contributed by atoms with van der Waals surface area (Å²) in [4.78, 5) is 64.4. The van der Waals surface area contributed by atoms with E-state index in [4.69, 9.17) is 14.5 Å². The van der Waals surface area contributed by atoms with Crippen LogP contribution in [0, 0.1) is 16.7 Å². The number of allylic oxidation sites excluding steroid dienone is 1. The first kappa shape index (κ1) is 48.9. The molecule has 0 radical (unpaired) electrons. The average Bonchev–Trinajstić information content (AvgIpc) is 3.95. The third-order valence-electron chi connectivity index (χ3n) is 15.1. The minimum atomic E-state index is -3.58. The molecule has 6 bridgehead atoms. The van der Waals surface area contributed by atoms with Crippen LogP contribution in [0.5, 0.6) is 5.75 Å². The van der Waals surface area contributed by atoms with E-state index in [1.807, 2.05) is 39.1 Å². The van der Waals surface area contributed by atoms with E-state index in [1.165, 1.54) is 9.31 Å². The van der Waals surface area contributed by atoms with Gasteiger partial charge in [0.25, 0.3) is 5.91 Å². The number of aromatic nitrogens is 1. The van der Waals surface area contributed by atoms with Gasteiger partial charge >= 0.3 is 5.97 Å². The molecule has 18 heteroatoms. The van der Waals surface area contributed by atoms with Gasteiger partial charge in [-0.15, -0.1) is 0 Å². The van der Waals surface area contributed by atoms with Gasteiger partial charge in [-0.2, -0.15) is 4.31 Å². The lowest BCUT2D eigenvalue weighted by Crippen LogP contribution is -2.62. The highest BCUT2D eigenvalue weighted by molar-refractivity contribution is 7.90. The quantitative estimate of drug-likeness (QED) is 0.164. The topological polar surface area (TPSA) is 214 Å². The second-order valence-electron chi connectivity index (χ2n) is 21.1. The zero-order chi connectivity index (χ0) is 49.2. The minimum Gasteiger partial charge on any atom is -0.508 e. The Morgan fingerprint density at radius 1 is 1.06 bits per heavy atom. The standard InChI is InChI=1S/C51H68N8O9S/c1-8-57-41-14-13-33-25-37(41)38(45(57)36-11-9-17-52-43(36)31(4)67-7)26-50(5,6)29-68-48(63)39-12-10-18-59(55-39)47(62)40(23-32-21-34(33)24-35(60)22-32)54-46(61)44(30(2)3)58-20-16-51(49(58)64)15-19-56(28-51)69(65,66)42-27-53-42/h13-14,17,21-22,24-25,30-31,39-40,42,44,53,55,60H,8-12,15-16,18-20,23,26-29H2,1-7H3,(H,54,61)/t31-,39-,40-,42-,44-,51-/m0/s1. The van der Waals surface area contributed by atoms with Gasteiger partial charge in [-0.3, -0.25) is 34.5 Å². The summed E-state index contributed by atoms with van der Waals surface area (Å²) >= 11 is 0. The van der Waals surface area contributed by atoms with Gasteiger partial charge in [0.1, 0.15) is 29.2 Å². The number of aliphatic imine (C=N–C) groups is 1. The highest BCUT2D eigenvalue weighted by Crippen LogP contribution is 2.45. The maximum absolute atomic E-state index is 14.8. The third-order valence-corrected chi connectivity index (χ3v) is 17.2. The number of nitrogens with one attached hydrogen (secondary N) is 3. The van der Waals surface area contributed by atoms with Gasteiger partial charge < -0.3 is 29.4 Å². The van der Waals surface area contributed by atoms with Crippen LogP contribution in [0.3, 0.4) is 0 Å². The summed E-state index contributed by atoms with van der Waals surface area (Å²) in [5.74, 6) is -2.11. The molecule has 6 aliphatic heterocycles. The van der Waals surface area contributed by atoms with E-state index < -0.39 is 62.1 Å². The maximum Gasteiger partial charge on any atom is 0.324 e. The zero-order valence-corrected chi connectivity index (χ0v) is 41.8. The number of phenols is 1. The number of hydrogen-bond acceptors (Lipinski definition) is 12. The number of esters is 1. The lowest BCUT2D eigenvalue weighted by Gasteiger charge is -2.37. The van der Waals surface area contributed by atoms with Crippen molar-refractivity contribution in [1.82, 2.24) is 34.8 Å². The van der Waals surface area contributed by atoms with Crippen molar-refractivity contribution in [2.45, 2.75) is 129 Å². The maximum atomic E-state index is 14.8. The Morgan fingerprint density at radius 3 is 2.55 bits per heavy atom. The molecule has 3 amide bonds. The molecule has 17 nitrogen and oxygen atoms in total. The summed E-state index contributed by atoms with van der Waals surface area (Å²) in [6.45, 7) is 14.1. The Kier molecular flexibility index (Phi) is 13.4. The molecule has 1 spiro atoms. The largest absolute Gasteiger partial charge is 0.508 e. The zero-order valence-electron chi connectivity index (χ0n) is 41.0. The smallest absolute Gasteiger partial charge is 0.324 e. The van der Waals surface area contributed by atoms with Crippen molar-refractivity contribution in [1.29, 1.82) is 0 Å². The van der Waals surface area contributed by atoms with Crippen LogP contribution in [0.4, 0.5) is 0 Å². The van der Waals surface area contributed by atoms with Gasteiger partial charge in [-0.05, 0) is 111 Å². The molecule has 2 aromatic carbocycles. The molecule has 6 atom stereocenters. The summed E-state index contributed by atoms with van der Waals surface area (Å²) in [7, 11) is -1.89. The number of fused-ring (bicyclic) bond motifs is 6. The number of aromatic hydroxyl groups is 1. The number of likely N-dealkylation sites (tertiary alicyclic amines) is 1. The number of phenolic OH excluding ortho intramolecular Hbond substituents is 1. The van der Waals surface area contributed by atoms with E-state index >= 15 is 0 Å². The van der Waals surface area contributed by atoms with Gasteiger partial charge in [-0.1, -0.05) is 39.8 Å². The van der Waals surface area contributed by atoms with Crippen molar-refractivity contribution < 1.29 is 42.2 Å². The van der Waals surface area contributed by atoms with Crippen molar-refractivity contribution in [2.24, 2.45) is 21.7 Å². The number of hydrazine groups is 1. The summed E-state index contributed by atoms with van der Waals surface area (Å²) < 4.78 is 42.0. The Bertz CT molecular complexity index is 2730. The van der Waals surface area contributed by atoms with E-state index in [9.17, 15) is 32.7 Å². The molecule has 6 aliphatic rings. The van der Waals surface area contributed by atoms with Crippen LogP contribution in [-0.2, 0) is 58.1 Å². The number of cyclic esters (lactones) is 1. The van der Waals surface area contributed by atoms with E-state index in [1.54, 1.807) is 24.1 Å². The number of sulfonamides is 1. The molecule has 0 aliphatic carbocycles. The molecule has 3 aromatic rings. The van der Waals surface area contributed by atoms with E-state index in [0.29, 0.717) is 50.8 Å². The molecule has 4 N–H and O–H groups in total. The molecule has 7 heterocycles. The Morgan fingerprint density at radius 2 is 1.83 bits per heavy atom. The number of carbonyl (C=O) groups is 4. The molecule has 372 valence electrons. The summed E-state index contributed by atoms with van der Waals surface area (Å²) in [6.07, 6.45) is 5.55. The molecule has 1 aromatic heterocycles. The number of amides is 3. The number of nitrogens with zero attached hydrogens (tertiary/aromatic N) is 5. The molecule has 0 unspecified atom stereocenters. The van der Waals surface area contributed by atoms with Gasteiger partial charge in [0.05, 0.1) is 29.5 Å². The highest BCUT2D eigenvalue weighted by atomic mass is 32.2. The van der Waals surface area contributed by atoms with Crippen molar-refractivity contribution in [3.8, 4) is 16.9 Å². The second-order valence-corrected chi connectivity index (χ2v) is 23.2. The SMILES string of the molecule is CCn1c(C2=C([C@H](C)OC)N=CCC2)c2c3cc(ccc31)-c1cc(O)cc(c1)C[C@H](NC(=O)[C@H](C(C)C)N1CC[C@]3(CCN(S(=O)(=O)[C@H]4CN4)C3)C1=O)C(=O)N1CCC[C@H](N1)C(=O)OCC(C)(C)C2. The van der Waals surface area contributed by atoms with Crippen molar-refractivity contribution in [3.05, 3.63) is 58.9 Å². The number of hydrogen-bond donors (Lipinski definition) is 4. The molecular weight excluding hydrogens is 901 g/mol. The molecular formula is C51H68N8O9S. The fourth-order valence-corrected chi connectivity index (χ4v) is 13.0. The van der Waals surface area contributed by atoms with Crippen LogP contribution in [0.1, 0.15) is 96.9 Å². The van der Waals surface area contributed by atoms with E-state index in [2.05, 4.69) is 53.5 Å². The Balaban J connectivity index is 1.09. The van der Waals surface area contributed by atoms with Crippen LogP contribution in [-0.4, -0.2) is 138 Å². The molecule has 4 fully saturated rings. The number of ether oxygens (including phenoxy) is 2. The summed E-state index contributed by atoms with van der Waals surface area (Å²) in [5.41, 5.74) is 9.05. The van der Waals surface area contributed by atoms with Crippen LogP contribution in [0.25, 0.3) is 27.6 Å². The first-order valence-corrected chi connectivity index (χ1v) is 26.2. The van der Waals surface area contributed by atoms with Gasteiger partial charge in [0.2, 0.25) is 21.8 Å². The molecule has 9 rings (SSSR count). The fraction of sp³-hybridized carbons (Fsp3) is 0.588. The predicted octanol–water partition coefficient (Wildman–Crippen LogP) is 4.50. The summed E-state index contributed by atoms with van der Waals surface area (Å²) in [5, 5.41) is 19.1. The molecule has 69 heavy (non-hydrogen) atoms. The highest BCUT2D eigenvalue weighted by Gasteiger charge is 2.57. The average molecular weight is 969 g/mol. The third kappa shape index (κ3) is 9.34. The Hall–Kier alpha value is -5.14. The number of carbonyl (C=O) groups excluding carboxylic acids is 4. The van der Waals surface area contributed by atoms with Crippen LogP contribution in [0.2, 0.25) is 0 Å². The van der Waals surface area contributed by atoms with Gasteiger partial charge in [0.15, 0.2) is 0 Å². The minimum absolute atomic E-state index is 0.0110. The lowest BCUT2D eigenvalue weighted by molar-refractivity contribution is -0.155. The number of rotatable bonds is 10. The number of methoxy groups -OCH3 is 1. The van der Waals surface area contributed by atoms with E-state index in [0.717, 1.165) is 57.4 Å². The van der Waals surface area contributed by atoms with Crippen molar-refractivity contribution >= 4 is 56.4 Å². The second kappa shape index (κ2) is 18.9. The fourth-order valence-electron chi connectivity index (χ4n) is 11.4. The predicted molar refractivity (Wildman–Crippen MR) is 262 cm³/mol. The van der Waals surface area contributed by atoms with Crippen LogP contribution >= 0.6 is 0 Å². The van der Waals surface area contributed by atoms with Crippen molar-refractivity contribution in [3.63, 3.8) is 0 Å². The first-order valence-electron chi connectivity index (χ1n) is 24.7. The van der Waals surface area contributed by atoms with Gasteiger partial charge in [-0.25, -0.2) is 13.8 Å². The Labute approximate surface area is 405 Å². The summed E-state index contributed by atoms with van der Waals surface area (Å²) in [6, 6.07) is 8.56. The van der Waals surface area contributed by atoms with Crippen molar-refractivity contribution in [2.75, 3.05) is 46.4 Å². The number of aryl methyl sites for hydroxylation is 1. The van der Waals surface area contributed by atoms with Crippen LogP contribution in [0.15, 0.2) is 47.1 Å². The monoisotopic (exact) mass is 968 g/mol. The molecule has 4 saturated heterocycles.